The summed E-state index contributed by atoms with van der Waals surface area (Å²) in [6.07, 6.45) is 1.62. The van der Waals surface area contributed by atoms with Gasteiger partial charge < -0.3 is 13.9 Å². The number of carbonyl (C=O) groups excluding carboxylic acids is 1. The Morgan fingerprint density at radius 2 is 1.91 bits per heavy atom. The fourth-order valence-electron chi connectivity index (χ4n) is 2.30. The molecule has 1 fully saturated rings. The van der Waals surface area contributed by atoms with E-state index in [1.807, 2.05) is 20.8 Å². The highest BCUT2D eigenvalue weighted by molar-refractivity contribution is 6.74. The maximum atomic E-state index is 10.7. The molecule has 0 amide bonds. The highest BCUT2D eigenvalue weighted by Gasteiger charge is 2.46. The van der Waals surface area contributed by atoms with Crippen molar-refractivity contribution in [2.75, 3.05) is 6.61 Å². The monoisotopic (exact) mass is 362 g/mol. The van der Waals surface area contributed by atoms with Crippen molar-refractivity contribution in [1.82, 2.24) is 0 Å². The summed E-state index contributed by atoms with van der Waals surface area (Å²) in [5.74, 6) is -0.810. The Labute approximate surface area is 146 Å². The van der Waals surface area contributed by atoms with Gasteiger partial charge in [-0.1, -0.05) is 39.3 Å². The van der Waals surface area contributed by atoms with Crippen LogP contribution < -0.4 is 0 Å². The van der Waals surface area contributed by atoms with Crippen LogP contribution >= 0.6 is 11.6 Å². The SMILES string of the molecule is C[C@H](/C(Cl)=C/C=O)[C@H]1OC(C)(C)O[C@@H]1CO[Si](C)(C)C(C)(C)C. The lowest BCUT2D eigenvalue weighted by molar-refractivity contribution is -0.150. The van der Waals surface area contributed by atoms with E-state index in [0.29, 0.717) is 17.9 Å². The molecule has 1 saturated heterocycles. The van der Waals surface area contributed by atoms with Crippen LogP contribution in [-0.2, 0) is 18.7 Å². The molecule has 6 heteroatoms. The summed E-state index contributed by atoms with van der Waals surface area (Å²) < 4.78 is 18.3. The zero-order valence-corrected chi connectivity index (χ0v) is 17.4. The van der Waals surface area contributed by atoms with Crippen LogP contribution in [0.1, 0.15) is 41.5 Å². The first-order valence-electron chi connectivity index (χ1n) is 8.11. The van der Waals surface area contributed by atoms with Crippen LogP contribution in [0.15, 0.2) is 11.1 Å². The summed E-state index contributed by atoms with van der Waals surface area (Å²) in [5.41, 5.74) is 0. The Morgan fingerprint density at radius 3 is 2.39 bits per heavy atom. The zero-order valence-electron chi connectivity index (χ0n) is 15.6. The van der Waals surface area contributed by atoms with Gasteiger partial charge >= 0.3 is 0 Å². The number of aldehydes is 1. The molecule has 23 heavy (non-hydrogen) atoms. The topological polar surface area (TPSA) is 44.8 Å². The minimum atomic E-state index is -1.86. The molecule has 0 bridgehead atoms. The summed E-state index contributed by atoms with van der Waals surface area (Å²) in [6, 6.07) is 0. The van der Waals surface area contributed by atoms with E-state index in [-0.39, 0.29) is 23.2 Å². The summed E-state index contributed by atoms with van der Waals surface area (Å²) in [5, 5.41) is 0.613. The van der Waals surface area contributed by atoms with Gasteiger partial charge in [-0.2, -0.15) is 0 Å². The van der Waals surface area contributed by atoms with Crippen LogP contribution in [0.5, 0.6) is 0 Å². The summed E-state index contributed by atoms with van der Waals surface area (Å²) >= 11 is 6.19. The van der Waals surface area contributed by atoms with Crippen molar-refractivity contribution >= 4 is 26.2 Å². The van der Waals surface area contributed by atoms with Crippen LogP contribution in [-0.4, -0.2) is 39.2 Å². The van der Waals surface area contributed by atoms with Crippen LogP contribution in [0.25, 0.3) is 0 Å². The predicted octanol–water partition coefficient (Wildman–Crippen LogP) is 4.49. The van der Waals surface area contributed by atoms with Gasteiger partial charge in [0, 0.05) is 11.0 Å². The number of carbonyl (C=O) groups is 1. The molecule has 0 spiro atoms. The van der Waals surface area contributed by atoms with Gasteiger partial charge in [-0.05, 0) is 38.1 Å². The number of rotatable bonds is 6. The Kier molecular flexibility index (Phi) is 6.67. The second-order valence-corrected chi connectivity index (χ2v) is 13.4. The first-order valence-corrected chi connectivity index (χ1v) is 11.4. The lowest BCUT2D eigenvalue weighted by atomic mass is 9.99. The Bertz CT molecular complexity index is 454. The smallest absolute Gasteiger partial charge is 0.192 e. The van der Waals surface area contributed by atoms with Crippen molar-refractivity contribution in [2.24, 2.45) is 5.92 Å². The highest BCUT2D eigenvalue weighted by Crippen LogP contribution is 2.39. The first-order chi connectivity index (χ1) is 10.3. The van der Waals surface area contributed by atoms with Gasteiger partial charge in [0.05, 0.1) is 12.7 Å². The molecule has 0 radical (unpaired) electrons. The van der Waals surface area contributed by atoms with Gasteiger partial charge in [0.2, 0.25) is 0 Å². The fourth-order valence-corrected chi connectivity index (χ4v) is 3.49. The van der Waals surface area contributed by atoms with E-state index in [2.05, 4.69) is 33.9 Å². The number of allylic oxidation sites excluding steroid dienone is 1. The standard InChI is InChI=1S/C17H31ClO4Si/c1-12(13(18)9-10-19)15-14(21-17(5,6)22-15)11-20-23(7,8)16(2,3)4/h9-10,12,14-15H,11H2,1-8H3/b13-9-/t12-,14-,15-/m1/s1. The Hall–Kier alpha value is -0.203. The molecule has 0 unspecified atom stereocenters. The van der Waals surface area contributed by atoms with Crippen molar-refractivity contribution in [3.8, 4) is 0 Å². The number of hydrogen-bond donors (Lipinski definition) is 0. The maximum Gasteiger partial charge on any atom is 0.192 e. The highest BCUT2D eigenvalue weighted by atomic mass is 35.5. The maximum absolute atomic E-state index is 10.7. The van der Waals surface area contributed by atoms with E-state index < -0.39 is 14.1 Å². The van der Waals surface area contributed by atoms with E-state index in [1.54, 1.807) is 0 Å². The van der Waals surface area contributed by atoms with Gasteiger partial charge in [0.25, 0.3) is 0 Å². The largest absolute Gasteiger partial charge is 0.414 e. The molecule has 0 aromatic carbocycles. The van der Waals surface area contributed by atoms with Gasteiger partial charge in [0.1, 0.15) is 12.4 Å². The molecule has 1 rings (SSSR count). The molecular weight excluding hydrogens is 332 g/mol. The van der Waals surface area contributed by atoms with Crippen LogP contribution in [0.4, 0.5) is 0 Å². The van der Waals surface area contributed by atoms with Crippen LogP contribution in [0.3, 0.4) is 0 Å². The molecule has 3 atom stereocenters. The average molecular weight is 363 g/mol. The number of hydrogen-bond acceptors (Lipinski definition) is 4. The molecule has 1 aliphatic heterocycles. The van der Waals surface area contributed by atoms with Crippen molar-refractivity contribution in [2.45, 2.75) is 77.7 Å². The first kappa shape index (κ1) is 20.8. The van der Waals surface area contributed by atoms with Gasteiger partial charge in [-0.25, -0.2) is 0 Å². The van der Waals surface area contributed by atoms with Crippen molar-refractivity contribution in [3.05, 3.63) is 11.1 Å². The van der Waals surface area contributed by atoms with E-state index in [1.165, 1.54) is 6.08 Å². The van der Waals surface area contributed by atoms with Crippen molar-refractivity contribution in [1.29, 1.82) is 0 Å². The van der Waals surface area contributed by atoms with Crippen LogP contribution in [0, 0.1) is 5.92 Å². The predicted molar refractivity (Wildman–Crippen MR) is 96.1 cm³/mol. The van der Waals surface area contributed by atoms with E-state index in [0.717, 1.165) is 0 Å². The lowest BCUT2D eigenvalue weighted by Crippen LogP contribution is -2.44. The third-order valence-corrected chi connectivity index (χ3v) is 9.76. The molecule has 0 aromatic heterocycles. The van der Waals surface area contributed by atoms with Gasteiger partial charge in [-0.3, -0.25) is 4.79 Å². The van der Waals surface area contributed by atoms with Crippen LogP contribution in [0.2, 0.25) is 18.1 Å². The van der Waals surface area contributed by atoms with E-state index in [4.69, 9.17) is 25.5 Å². The fraction of sp³-hybridized carbons (Fsp3) is 0.824. The minimum Gasteiger partial charge on any atom is -0.414 e. The van der Waals surface area contributed by atoms with Gasteiger partial charge in [-0.15, -0.1) is 0 Å². The molecule has 4 nitrogen and oxygen atoms in total. The summed E-state index contributed by atoms with van der Waals surface area (Å²) in [6.45, 7) is 17.2. The molecular formula is C17H31ClO4Si. The van der Waals surface area contributed by atoms with Crippen molar-refractivity contribution in [3.63, 3.8) is 0 Å². The van der Waals surface area contributed by atoms with E-state index >= 15 is 0 Å². The third-order valence-electron chi connectivity index (χ3n) is 4.79. The zero-order chi connectivity index (χ0) is 18.1. The normalized spacial score (nSPS) is 27.1. The summed E-state index contributed by atoms with van der Waals surface area (Å²) in [7, 11) is -1.86. The third kappa shape index (κ3) is 5.39. The molecule has 0 aromatic rings. The van der Waals surface area contributed by atoms with E-state index in [9.17, 15) is 4.79 Å². The number of ether oxygens (including phenoxy) is 2. The Morgan fingerprint density at radius 1 is 1.35 bits per heavy atom. The second kappa shape index (κ2) is 7.36. The molecule has 0 N–H and O–H groups in total. The molecule has 0 saturated carbocycles. The summed E-state index contributed by atoms with van der Waals surface area (Å²) in [4.78, 5) is 10.7. The minimum absolute atomic E-state index is 0.128. The Balaban J connectivity index is 2.86. The molecule has 1 heterocycles. The quantitative estimate of drug-likeness (QED) is 0.397. The number of halogens is 1. The lowest BCUT2D eigenvalue weighted by Gasteiger charge is -2.37. The molecule has 0 aliphatic carbocycles. The second-order valence-electron chi connectivity index (χ2n) is 8.19. The van der Waals surface area contributed by atoms with Crippen molar-refractivity contribution < 1.29 is 18.7 Å². The molecule has 1 aliphatic rings. The average Bonchev–Trinajstić information content (AvgIpc) is 2.70. The molecule has 134 valence electrons. The van der Waals surface area contributed by atoms with Gasteiger partial charge in [0.15, 0.2) is 14.1 Å².